The van der Waals surface area contributed by atoms with Crippen LogP contribution in [0.1, 0.15) is 35.8 Å². The average Bonchev–Trinajstić information content (AvgIpc) is 2.97. The lowest BCUT2D eigenvalue weighted by Crippen LogP contribution is -2.15. The molecule has 0 radical (unpaired) electrons. The van der Waals surface area contributed by atoms with Crippen LogP contribution in [0, 0.1) is 0 Å². The summed E-state index contributed by atoms with van der Waals surface area (Å²) in [5, 5.41) is 0.134. The number of benzene rings is 1. The third-order valence-corrected chi connectivity index (χ3v) is 4.18. The lowest BCUT2D eigenvalue weighted by Gasteiger charge is -2.15. The Hall–Kier alpha value is -2.25. The molecule has 25 heavy (non-hydrogen) atoms. The van der Waals surface area contributed by atoms with Gasteiger partial charge in [-0.25, -0.2) is 14.8 Å². The quantitative estimate of drug-likeness (QED) is 0.465. The molecule has 0 N–H and O–H groups in total. The van der Waals surface area contributed by atoms with Crippen LogP contribution in [0.4, 0.5) is 8.78 Å². The van der Waals surface area contributed by atoms with Gasteiger partial charge in [-0.05, 0) is 25.1 Å². The Kier molecular flexibility index (Phi) is 4.87. The van der Waals surface area contributed by atoms with Gasteiger partial charge in [-0.15, -0.1) is 0 Å². The lowest BCUT2D eigenvalue weighted by molar-refractivity contribution is 0.0233. The van der Waals surface area contributed by atoms with Gasteiger partial charge in [0.15, 0.2) is 11.9 Å². The van der Waals surface area contributed by atoms with E-state index in [2.05, 4.69) is 9.97 Å². The van der Waals surface area contributed by atoms with Crippen molar-refractivity contribution in [2.45, 2.75) is 19.6 Å². The Bertz CT molecular complexity index is 946. The third-order valence-electron chi connectivity index (χ3n) is 3.50. The number of rotatable bonds is 4. The van der Waals surface area contributed by atoms with E-state index in [1.54, 1.807) is 18.2 Å². The molecule has 3 rings (SSSR count). The average molecular weight is 386 g/mol. The highest BCUT2D eigenvalue weighted by Gasteiger charge is 2.25. The number of alkyl halides is 2. The Labute approximate surface area is 151 Å². The second-order valence-corrected chi connectivity index (χ2v) is 5.92. The van der Waals surface area contributed by atoms with E-state index in [9.17, 15) is 13.6 Å². The minimum absolute atomic E-state index is 0.0470. The van der Waals surface area contributed by atoms with Crippen LogP contribution in [0.2, 0.25) is 10.2 Å². The minimum atomic E-state index is -2.82. The van der Waals surface area contributed by atoms with E-state index in [0.717, 1.165) is 4.57 Å². The van der Waals surface area contributed by atoms with Crippen LogP contribution in [0.15, 0.2) is 36.5 Å². The zero-order valence-electron chi connectivity index (χ0n) is 12.8. The molecule has 0 bridgehead atoms. The summed E-state index contributed by atoms with van der Waals surface area (Å²) in [5.74, 6) is -0.830. The zero-order chi connectivity index (χ0) is 18.1. The lowest BCUT2D eigenvalue weighted by atomic mass is 10.3. The van der Waals surface area contributed by atoms with Crippen molar-refractivity contribution in [3.05, 3.63) is 58.1 Å². The number of hydrogen-bond acceptors (Lipinski definition) is 4. The van der Waals surface area contributed by atoms with Crippen molar-refractivity contribution in [2.24, 2.45) is 0 Å². The van der Waals surface area contributed by atoms with Crippen LogP contribution in [0.25, 0.3) is 11.0 Å². The van der Waals surface area contributed by atoms with Gasteiger partial charge in [0.25, 0.3) is 0 Å². The van der Waals surface area contributed by atoms with Gasteiger partial charge in [0.1, 0.15) is 5.15 Å². The molecule has 1 unspecified atom stereocenters. The van der Waals surface area contributed by atoms with E-state index in [1.807, 2.05) is 0 Å². The van der Waals surface area contributed by atoms with Crippen molar-refractivity contribution in [1.29, 1.82) is 0 Å². The van der Waals surface area contributed by atoms with E-state index in [0.29, 0.717) is 5.52 Å². The molecule has 130 valence electrons. The number of fused-ring (bicyclic) bond motifs is 1. The van der Waals surface area contributed by atoms with Crippen molar-refractivity contribution in [3.63, 3.8) is 0 Å². The molecule has 0 fully saturated rings. The zero-order valence-corrected chi connectivity index (χ0v) is 14.3. The molecule has 1 atom stereocenters. The normalized spacial score (nSPS) is 12.6. The molecule has 5 nitrogen and oxygen atoms in total. The van der Waals surface area contributed by atoms with Crippen LogP contribution in [0.5, 0.6) is 0 Å². The maximum atomic E-state index is 13.4. The molecule has 0 aliphatic rings. The predicted molar refractivity (Wildman–Crippen MR) is 89.1 cm³/mol. The van der Waals surface area contributed by atoms with Crippen LogP contribution >= 0.6 is 23.2 Å². The summed E-state index contributed by atoms with van der Waals surface area (Å²) in [6.45, 7) is -1.36. The van der Waals surface area contributed by atoms with Crippen LogP contribution in [-0.2, 0) is 4.74 Å². The molecule has 0 amide bonds. The Morgan fingerprint density at radius 1 is 1.28 bits per heavy atom. The van der Waals surface area contributed by atoms with Gasteiger partial charge < -0.3 is 4.74 Å². The predicted octanol–water partition coefficient (Wildman–Crippen LogP) is 5.05. The topological polar surface area (TPSA) is 57.0 Å². The number of imidazole rings is 1. The van der Waals surface area contributed by atoms with Gasteiger partial charge in [0.2, 0.25) is 0 Å². The van der Waals surface area contributed by atoms with Crippen molar-refractivity contribution in [1.82, 2.24) is 14.5 Å². The monoisotopic (exact) mass is 385 g/mol. The van der Waals surface area contributed by atoms with Gasteiger partial charge >= 0.3 is 12.5 Å². The summed E-state index contributed by atoms with van der Waals surface area (Å²) in [4.78, 5) is 20.1. The van der Waals surface area contributed by atoms with Gasteiger partial charge in [-0.2, -0.15) is 8.78 Å². The summed E-state index contributed by atoms with van der Waals surface area (Å²) < 4.78 is 32.9. The number of carbonyl (C=O) groups is 1. The van der Waals surface area contributed by atoms with Crippen LogP contribution in [0.3, 0.4) is 0 Å². The van der Waals surface area contributed by atoms with Crippen LogP contribution in [-0.4, -0.2) is 20.5 Å². The second kappa shape index (κ2) is 6.93. The highest BCUT2D eigenvalue weighted by atomic mass is 35.5. The molecule has 1 aromatic carbocycles. The minimum Gasteiger partial charge on any atom is -0.451 e. The molecular weight excluding hydrogens is 375 g/mol. The second-order valence-electron chi connectivity index (χ2n) is 5.15. The number of carbonyl (C=O) groups excluding carboxylic acids is 1. The van der Waals surface area contributed by atoms with E-state index < -0.39 is 18.6 Å². The van der Waals surface area contributed by atoms with Gasteiger partial charge in [0.05, 0.1) is 21.6 Å². The summed E-state index contributed by atoms with van der Waals surface area (Å²) in [7, 11) is 0. The number of halogens is 4. The largest absolute Gasteiger partial charge is 0.451 e. The van der Waals surface area contributed by atoms with Crippen molar-refractivity contribution >= 4 is 40.2 Å². The summed E-state index contributed by atoms with van der Waals surface area (Å²) in [6, 6.07) is 7.74. The third kappa shape index (κ3) is 3.43. The number of aromatic nitrogens is 3. The molecule has 0 aliphatic carbocycles. The first-order valence-electron chi connectivity index (χ1n) is 7.15. The number of esters is 1. The van der Waals surface area contributed by atoms with E-state index in [4.69, 9.17) is 27.9 Å². The molecule has 0 aliphatic heterocycles. The highest BCUT2D eigenvalue weighted by Crippen LogP contribution is 2.29. The Morgan fingerprint density at radius 2 is 2.00 bits per heavy atom. The first kappa shape index (κ1) is 17.6. The number of ether oxygens (including phenoxy) is 1. The Morgan fingerprint density at radius 3 is 2.68 bits per heavy atom. The smallest absolute Gasteiger partial charge is 0.340 e. The summed E-state index contributed by atoms with van der Waals surface area (Å²) >= 11 is 11.5. The molecule has 0 saturated heterocycles. The van der Waals surface area contributed by atoms with Crippen molar-refractivity contribution < 1.29 is 18.3 Å². The maximum absolute atomic E-state index is 13.4. The van der Waals surface area contributed by atoms with E-state index >= 15 is 0 Å². The van der Waals surface area contributed by atoms with Crippen molar-refractivity contribution in [3.8, 4) is 0 Å². The first-order valence-corrected chi connectivity index (χ1v) is 7.91. The van der Waals surface area contributed by atoms with E-state index in [-0.39, 0.29) is 27.1 Å². The molecule has 0 spiro atoms. The molecule has 3 aromatic rings. The van der Waals surface area contributed by atoms with Gasteiger partial charge in [-0.3, -0.25) is 4.57 Å². The fourth-order valence-corrected chi connectivity index (χ4v) is 2.64. The number of pyridine rings is 1. The van der Waals surface area contributed by atoms with Crippen molar-refractivity contribution in [2.75, 3.05) is 0 Å². The standard InChI is InChI=1S/C16H11Cl2F2N3O2/c1-8(25-15(24)9-6-10(17)13(18)21-7-9)14-22-11-4-2-3-5-12(11)23(14)16(19)20/h2-8,16H,1H3. The Balaban J connectivity index is 1.91. The number of hydrogen-bond donors (Lipinski definition) is 0. The maximum Gasteiger partial charge on any atom is 0.340 e. The molecule has 2 heterocycles. The SMILES string of the molecule is CC(OC(=O)c1cnc(Cl)c(Cl)c1)c1nc2ccccc2n1C(F)F. The summed E-state index contributed by atoms with van der Waals surface area (Å²) in [6.07, 6.45) is 0.183. The first-order chi connectivity index (χ1) is 11.9. The molecule has 2 aromatic heterocycles. The fraction of sp³-hybridized carbons (Fsp3) is 0.188. The highest BCUT2D eigenvalue weighted by molar-refractivity contribution is 6.41. The van der Waals surface area contributed by atoms with E-state index in [1.165, 1.54) is 25.3 Å². The van der Waals surface area contributed by atoms with Gasteiger partial charge in [0, 0.05) is 6.20 Å². The molecular formula is C16H11Cl2F2N3O2. The number of para-hydroxylation sites is 2. The van der Waals surface area contributed by atoms with Crippen LogP contribution < -0.4 is 0 Å². The number of nitrogens with zero attached hydrogens (tertiary/aromatic N) is 3. The summed E-state index contributed by atoms with van der Waals surface area (Å²) in [5.41, 5.74) is 0.699. The molecule has 0 saturated carbocycles. The van der Waals surface area contributed by atoms with Gasteiger partial charge in [-0.1, -0.05) is 35.3 Å². The fourth-order valence-electron chi connectivity index (χ4n) is 2.37. The molecule has 9 heteroatoms.